The van der Waals surface area contributed by atoms with E-state index >= 15 is 0 Å². The number of nitrogens with one attached hydrogen (secondary N) is 2. The molecule has 0 aliphatic carbocycles. The third-order valence-corrected chi connectivity index (χ3v) is 6.85. The minimum absolute atomic E-state index is 0.0314. The van der Waals surface area contributed by atoms with Gasteiger partial charge < -0.3 is 24.8 Å². The SMILES string of the molecule is CCC(=O)Oc1ccc(CC(=O)c2cc(NC(=O)c3ccc(OC(=O)CC)cc3)cc(C(=O)Nc3ccc(OC(=O)CC)cc3)c2)cc1. The lowest BCUT2D eigenvalue weighted by Crippen LogP contribution is -2.17. The van der Waals surface area contributed by atoms with Crippen LogP contribution in [0.1, 0.15) is 76.7 Å². The number of ketones is 1. The molecular weight excluding hydrogens is 616 g/mol. The summed E-state index contributed by atoms with van der Waals surface area (Å²) in [6.45, 7) is 5.03. The molecule has 0 saturated carbocycles. The largest absolute Gasteiger partial charge is 0.427 e. The van der Waals surface area contributed by atoms with Crippen LogP contribution in [0.3, 0.4) is 0 Å². The zero-order chi connectivity index (χ0) is 34.6. The molecule has 11 heteroatoms. The highest BCUT2D eigenvalue weighted by Crippen LogP contribution is 2.23. The minimum Gasteiger partial charge on any atom is -0.427 e. The smallest absolute Gasteiger partial charge is 0.310 e. The van der Waals surface area contributed by atoms with Gasteiger partial charge in [0, 0.05) is 53.7 Å². The number of rotatable bonds is 13. The Morgan fingerprint density at radius 3 is 1.40 bits per heavy atom. The highest BCUT2D eigenvalue weighted by molar-refractivity contribution is 6.10. The van der Waals surface area contributed by atoms with Crippen molar-refractivity contribution < 1.29 is 43.0 Å². The summed E-state index contributed by atoms with van der Waals surface area (Å²) in [6.07, 6.45) is 0.608. The van der Waals surface area contributed by atoms with Gasteiger partial charge in [0.05, 0.1) is 0 Å². The van der Waals surface area contributed by atoms with Gasteiger partial charge in [-0.25, -0.2) is 0 Å². The van der Waals surface area contributed by atoms with Gasteiger partial charge in [-0.2, -0.15) is 0 Å². The first-order chi connectivity index (χ1) is 23.1. The molecule has 0 aliphatic rings. The van der Waals surface area contributed by atoms with Crippen LogP contribution in [0.25, 0.3) is 0 Å². The standard InChI is InChI=1S/C37H34N2O9/c1-4-33(41)46-29-13-7-23(8-14-29)19-32(40)25-20-26(37(45)38-27-11-17-31(18-12-27)48-35(43)6-3)22-28(21-25)39-36(44)24-9-15-30(16-10-24)47-34(42)5-2/h7-18,20-22H,4-6,19H2,1-3H3,(H,38,45)(H,39,44). The molecule has 0 unspecified atom stereocenters. The van der Waals surface area contributed by atoms with Gasteiger partial charge in [-0.3, -0.25) is 28.8 Å². The van der Waals surface area contributed by atoms with Gasteiger partial charge in [0.2, 0.25) is 0 Å². The summed E-state index contributed by atoms with van der Waals surface area (Å²) >= 11 is 0. The van der Waals surface area contributed by atoms with Crippen LogP contribution in [-0.2, 0) is 20.8 Å². The molecule has 246 valence electrons. The van der Waals surface area contributed by atoms with Crippen molar-refractivity contribution >= 4 is 46.9 Å². The Balaban J connectivity index is 1.57. The molecule has 11 nitrogen and oxygen atoms in total. The number of ether oxygens (including phenoxy) is 3. The zero-order valence-corrected chi connectivity index (χ0v) is 26.7. The fraction of sp³-hybridized carbons (Fsp3) is 0.189. The molecule has 0 heterocycles. The van der Waals surface area contributed by atoms with Crippen LogP contribution in [0.5, 0.6) is 17.2 Å². The molecular formula is C37H34N2O9. The lowest BCUT2D eigenvalue weighted by atomic mass is 9.99. The zero-order valence-electron chi connectivity index (χ0n) is 26.7. The lowest BCUT2D eigenvalue weighted by Gasteiger charge is -2.12. The second-order valence-electron chi connectivity index (χ2n) is 10.5. The van der Waals surface area contributed by atoms with Crippen molar-refractivity contribution in [1.82, 2.24) is 0 Å². The number of carbonyl (C=O) groups is 6. The van der Waals surface area contributed by atoms with E-state index in [0.717, 1.165) is 0 Å². The third-order valence-electron chi connectivity index (χ3n) is 6.85. The van der Waals surface area contributed by atoms with Gasteiger partial charge in [0.25, 0.3) is 11.8 Å². The van der Waals surface area contributed by atoms with Crippen LogP contribution in [-0.4, -0.2) is 35.5 Å². The summed E-state index contributed by atoms with van der Waals surface area (Å²) in [5, 5.41) is 5.48. The molecule has 0 fully saturated rings. The fourth-order valence-corrected chi connectivity index (χ4v) is 4.25. The van der Waals surface area contributed by atoms with Crippen LogP contribution in [0.15, 0.2) is 91.0 Å². The normalized spacial score (nSPS) is 10.4. The van der Waals surface area contributed by atoms with Gasteiger partial charge >= 0.3 is 17.9 Å². The predicted molar refractivity (Wildman–Crippen MR) is 177 cm³/mol. The van der Waals surface area contributed by atoms with Crippen LogP contribution in [0.2, 0.25) is 0 Å². The van der Waals surface area contributed by atoms with E-state index in [9.17, 15) is 28.8 Å². The maximum Gasteiger partial charge on any atom is 0.310 e. The molecule has 48 heavy (non-hydrogen) atoms. The summed E-state index contributed by atoms with van der Waals surface area (Å²) in [5.41, 5.74) is 1.77. The Bertz CT molecular complexity index is 1720. The van der Waals surface area contributed by atoms with Crippen LogP contribution in [0, 0.1) is 0 Å². The number of hydrogen-bond donors (Lipinski definition) is 2. The van der Waals surface area contributed by atoms with E-state index in [-0.39, 0.29) is 65.6 Å². The molecule has 0 spiro atoms. The Morgan fingerprint density at radius 1 is 0.479 bits per heavy atom. The number of hydrogen-bond acceptors (Lipinski definition) is 9. The summed E-state index contributed by atoms with van der Waals surface area (Å²) in [5.74, 6) is -1.62. The van der Waals surface area contributed by atoms with Gasteiger partial charge in [0.1, 0.15) is 17.2 Å². The van der Waals surface area contributed by atoms with Gasteiger partial charge in [0.15, 0.2) is 5.78 Å². The van der Waals surface area contributed by atoms with Crippen LogP contribution >= 0.6 is 0 Å². The summed E-state index contributed by atoms with van der Waals surface area (Å²) < 4.78 is 15.5. The van der Waals surface area contributed by atoms with Crippen molar-refractivity contribution in [3.8, 4) is 17.2 Å². The van der Waals surface area contributed by atoms with Gasteiger partial charge in [-0.05, 0) is 84.4 Å². The fourth-order valence-electron chi connectivity index (χ4n) is 4.25. The van der Waals surface area contributed by atoms with Crippen molar-refractivity contribution in [2.75, 3.05) is 10.6 Å². The highest BCUT2D eigenvalue weighted by Gasteiger charge is 2.17. The molecule has 0 aromatic heterocycles. The maximum atomic E-state index is 13.5. The Morgan fingerprint density at radius 2 is 0.896 bits per heavy atom. The van der Waals surface area contributed by atoms with Gasteiger partial charge in [-0.1, -0.05) is 32.9 Å². The Kier molecular flexibility index (Phi) is 11.9. The van der Waals surface area contributed by atoms with E-state index < -0.39 is 23.8 Å². The van der Waals surface area contributed by atoms with Crippen LogP contribution in [0.4, 0.5) is 11.4 Å². The quantitative estimate of drug-likeness (QED) is 0.0930. The number of esters is 3. The molecule has 0 aliphatic heterocycles. The molecule has 4 aromatic rings. The van der Waals surface area contributed by atoms with Crippen molar-refractivity contribution in [3.05, 3.63) is 113 Å². The Hall–Kier alpha value is -6.10. The van der Waals surface area contributed by atoms with E-state index in [4.69, 9.17) is 14.2 Å². The molecule has 0 radical (unpaired) electrons. The van der Waals surface area contributed by atoms with E-state index in [1.54, 1.807) is 57.2 Å². The Labute approximate surface area is 277 Å². The number of anilines is 2. The van der Waals surface area contributed by atoms with Crippen molar-refractivity contribution in [1.29, 1.82) is 0 Å². The summed E-state index contributed by atoms with van der Waals surface area (Å²) in [6, 6.07) is 23.0. The monoisotopic (exact) mass is 650 g/mol. The van der Waals surface area contributed by atoms with E-state index in [0.29, 0.717) is 22.7 Å². The third kappa shape index (κ3) is 9.95. The van der Waals surface area contributed by atoms with Crippen molar-refractivity contribution in [2.24, 2.45) is 0 Å². The average molecular weight is 651 g/mol. The summed E-state index contributed by atoms with van der Waals surface area (Å²) in [4.78, 5) is 74.7. The first kappa shape index (κ1) is 34.8. The molecule has 2 N–H and O–H groups in total. The predicted octanol–water partition coefficient (Wildman–Crippen LogP) is 6.56. The van der Waals surface area contributed by atoms with Crippen LogP contribution < -0.4 is 24.8 Å². The molecule has 2 amide bonds. The van der Waals surface area contributed by atoms with E-state index in [2.05, 4.69) is 10.6 Å². The maximum absolute atomic E-state index is 13.5. The molecule has 0 bridgehead atoms. The topological polar surface area (TPSA) is 154 Å². The number of benzene rings is 4. The first-order valence-electron chi connectivity index (χ1n) is 15.3. The summed E-state index contributed by atoms with van der Waals surface area (Å²) in [7, 11) is 0. The lowest BCUT2D eigenvalue weighted by molar-refractivity contribution is -0.134. The molecule has 4 rings (SSSR count). The number of carbonyl (C=O) groups excluding carboxylic acids is 6. The van der Waals surface area contributed by atoms with Crippen molar-refractivity contribution in [3.63, 3.8) is 0 Å². The van der Waals surface area contributed by atoms with Gasteiger partial charge in [-0.15, -0.1) is 0 Å². The average Bonchev–Trinajstić information content (AvgIpc) is 3.09. The second-order valence-corrected chi connectivity index (χ2v) is 10.5. The first-order valence-corrected chi connectivity index (χ1v) is 15.3. The molecule has 0 atom stereocenters. The molecule has 4 aromatic carbocycles. The number of amides is 2. The van der Waals surface area contributed by atoms with E-state index in [1.807, 2.05) is 0 Å². The second kappa shape index (κ2) is 16.5. The minimum atomic E-state index is -0.553. The highest BCUT2D eigenvalue weighted by atomic mass is 16.5. The number of Topliss-reactive ketones (excluding diaryl/α,β-unsaturated/α-hetero) is 1. The van der Waals surface area contributed by atoms with Crippen molar-refractivity contribution in [2.45, 2.75) is 46.5 Å². The molecule has 0 saturated heterocycles. The van der Waals surface area contributed by atoms with E-state index in [1.165, 1.54) is 54.6 Å².